The van der Waals surface area contributed by atoms with Crippen LogP contribution < -0.4 is 15.4 Å². The summed E-state index contributed by atoms with van der Waals surface area (Å²) in [5.74, 6) is 1.05. The van der Waals surface area contributed by atoms with Crippen molar-refractivity contribution in [1.82, 2.24) is 10.6 Å². The number of aliphatic hydroxyl groups is 1. The number of urea groups is 1. The van der Waals surface area contributed by atoms with E-state index in [1.807, 2.05) is 12.1 Å². The Morgan fingerprint density at radius 3 is 3.00 bits per heavy atom. The quantitative estimate of drug-likeness (QED) is 0.793. The van der Waals surface area contributed by atoms with Crippen LogP contribution >= 0.6 is 11.6 Å². The second-order valence-electron chi connectivity index (χ2n) is 6.39. The van der Waals surface area contributed by atoms with Gasteiger partial charge in [0, 0.05) is 12.1 Å². The number of carbonyl (C=O) groups is 1. The number of hydrogen-bond donors (Lipinski definition) is 3. The molecule has 1 heterocycles. The molecule has 0 aromatic heterocycles. The van der Waals surface area contributed by atoms with E-state index in [4.69, 9.17) is 16.3 Å². The lowest BCUT2D eigenvalue weighted by Crippen LogP contribution is -2.40. The Bertz CT molecular complexity index is 567. The monoisotopic (exact) mass is 338 g/mol. The van der Waals surface area contributed by atoms with Crippen LogP contribution in [0.4, 0.5) is 4.79 Å². The van der Waals surface area contributed by atoms with Crippen LogP contribution in [-0.2, 0) is 0 Å². The maximum Gasteiger partial charge on any atom is 0.315 e. The first kappa shape index (κ1) is 16.4. The topological polar surface area (TPSA) is 70.6 Å². The normalized spacial score (nSPS) is 26.8. The van der Waals surface area contributed by atoms with E-state index >= 15 is 0 Å². The summed E-state index contributed by atoms with van der Waals surface area (Å²) in [6, 6.07) is 5.35. The van der Waals surface area contributed by atoms with Gasteiger partial charge in [0.1, 0.15) is 5.75 Å². The fourth-order valence-corrected chi connectivity index (χ4v) is 3.64. The van der Waals surface area contributed by atoms with Crippen LogP contribution in [0.1, 0.15) is 43.7 Å². The van der Waals surface area contributed by atoms with E-state index in [1.54, 1.807) is 6.07 Å². The van der Waals surface area contributed by atoms with Gasteiger partial charge in [-0.2, -0.15) is 0 Å². The predicted octanol–water partition coefficient (Wildman–Crippen LogP) is 3.01. The molecule has 6 heteroatoms. The molecule has 126 valence electrons. The zero-order valence-electron chi connectivity index (χ0n) is 13.1. The number of ether oxygens (including phenoxy) is 1. The van der Waals surface area contributed by atoms with Gasteiger partial charge in [-0.15, -0.1) is 0 Å². The van der Waals surface area contributed by atoms with Crippen molar-refractivity contribution in [1.29, 1.82) is 0 Å². The molecule has 1 fully saturated rings. The Kier molecular flexibility index (Phi) is 5.28. The number of hydrogen-bond acceptors (Lipinski definition) is 3. The first-order chi connectivity index (χ1) is 11.1. The number of nitrogens with one attached hydrogen (secondary N) is 2. The molecule has 1 saturated carbocycles. The SMILES string of the molecule is O=C(NC[C@@H]1CC[C@@H](O)C1)N[C@@H]1CCCOc2c(Cl)cccc21. The van der Waals surface area contributed by atoms with Crippen molar-refractivity contribution < 1.29 is 14.6 Å². The third-order valence-corrected chi connectivity index (χ3v) is 4.92. The summed E-state index contributed by atoms with van der Waals surface area (Å²) in [7, 11) is 0. The van der Waals surface area contributed by atoms with Crippen LogP contribution in [0.5, 0.6) is 5.75 Å². The average molecular weight is 339 g/mol. The largest absolute Gasteiger partial charge is 0.492 e. The molecule has 3 rings (SSSR count). The smallest absolute Gasteiger partial charge is 0.315 e. The summed E-state index contributed by atoms with van der Waals surface area (Å²) in [5, 5.41) is 16.1. The highest BCUT2D eigenvalue weighted by Crippen LogP contribution is 2.36. The Labute approximate surface area is 141 Å². The Hall–Kier alpha value is -1.46. The second kappa shape index (κ2) is 7.41. The van der Waals surface area contributed by atoms with Crippen molar-refractivity contribution in [3.05, 3.63) is 28.8 Å². The molecule has 0 bridgehead atoms. The predicted molar refractivity (Wildman–Crippen MR) is 88.8 cm³/mol. The van der Waals surface area contributed by atoms with Gasteiger partial charge in [0.05, 0.1) is 23.8 Å². The molecule has 2 amide bonds. The van der Waals surface area contributed by atoms with Crippen molar-refractivity contribution in [3.63, 3.8) is 0 Å². The maximum atomic E-state index is 12.2. The molecule has 5 nitrogen and oxygen atoms in total. The molecule has 0 unspecified atom stereocenters. The number of rotatable bonds is 3. The number of aliphatic hydroxyl groups excluding tert-OH is 1. The molecule has 1 aliphatic heterocycles. The number of benzene rings is 1. The van der Waals surface area contributed by atoms with Gasteiger partial charge >= 0.3 is 6.03 Å². The first-order valence-corrected chi connectivity index (χ1v) is 8.65. The number of fused-ring (bicyclic) bond motifs is 1. The first-order valence-electron chi connectivity index (χ1n) is 8.27. The molecule has 0 radical (unpaired) electrons. The minimum atomic E-state index is -0.210. The number of halogens is 1. The van der Waals surface area contributed by atoms with Crippen LogP contribution in [-0.4, -0.2) is 30.4 Å². The highest BCUT2D eigenvalue weighted by molar-refractivity contribution is 6.32. The van der Waals surface area contributed by atoms with Crippen LogP contribution in [0.15, 0.2) is 18.2 Å². The lowest BCUT2D eigenvalue weighted by atomic mass is 10.0. The van der Waals surface area contributed by atoms with Crippen LogP contribution in [0.3, 0.4) is 0 Å². The van der Waals surface area contributed by atoms with Crippen molar-refractivity contribution in [2.75, 3.05) is 13.2 Å². The highest BCUT2D eigenvalue weighted by atomic mass is 35.5. The molecule has 1 aromatic rings. The zero-order chi connectivity index (χ0) is 16.2. The lowest BCUT2D eigenvalue weighted by molar-refractivity contribution is 0.177. The van der Waals surface area contributed by atoms with Gasteiger partial charge in [-0.25, -0.2) is 4.79 Å². The molecular weight excluding hydrogens is 316 g/mol. The van der Waals surface area contributed by atoms with E-state index < -0.39 is 0 Å². The third-order valence-electron chi connectivity index (χ3n) is 4.63. The van der Waals surface area contributed by atoms with Crippen LogP contribution in [0.2, 0.25) is 5.02 Å². The summed E-state index contributed by atoms with van der Waals surface area (Å²) in [6.07, 6.45) is 4.05. The van der Waals surface area contributed by atoms with Gasteiger partial charge in [0.25, 0.3) is 0 Å². The molecule has 0 saturated heterocycles. The zero-order valence-corrected chi connectivity index (χ0v) is 13.8. The van der Waals surface area contributed by atoms with Crippen molar-refractivity contribution in [2.45, 2.75) is 44.2 Å². The fourth-order valence-electron chi connectivity index (χ4n) is 3.40. The fraction of sp³-hybridized carbons (Fsp3) is 0.588. The summed E-state index contributed by atoms with van der Waals surface area (Å²) in [6.45, 7) is 1.21. The van der Waals surface area contributed by atoms with E-state index in [0.717, 1.165) is 37.7 Å². The Morgan fingerprint density at radius 2 is 2.22 bits per heavy atom. The average Bonchev–Trinajstić information content (AvgIpc) is 2.83. The Balaban J connectivity index is 1.59. The van der Waals surface area contributed by atoms with Gasteiger partial charge in [0.15, 0.2) is 0 Å². The maximum absolute atomic E-state index is 12.2. The molecule has 23 heavy (non-hydrogen) atoms. The molecule has 3 atom stereocenters. The molecular formula is C17H23ClN2O3. The van der Waals surface area contributed by atoms with Gasteiger partial charge in [0.2, 0.25) is 0 Å². The van der Waals surface area contributed by atoms with E-state index in [9.17, 15) is 9.90 Å². The van der Waals surface area contributed by atoms with E-state index in [0.29, 0.717) is 29.8 Å². The highest BCUT2D eigenvalue weighted by Gasteiger charge is 2.25. The van der Waals surface area contributed by atoms with Crippen LogP contribution in [0.25, 0.3) is 0 Å². The van der Waals surface area contributed by atoms with Crippen molar-refractivity contribution in [3.8, 4) is 5.75 Å². The van der Waals surface area contributed by atoms with Crippen LogP contribution in [0, 0.1) is 5.92 Å². The second-order valence-corrected chi connectivity index (χ2v) is 6.80. The number of carbonyl (C=O) groups excluding carboxylic acids is 1. The van der Waals surface area contributed by atoms with E-state index in [2.05, 4.69) is 10.6 Å². The summed E-state index contributed by atoms with van der Waals surface area (Å²) < 4.78 is 5.71. The Morgan fingerprint density at radius 1 is 1.35 bits per heavy atom. The molecule has 1 aromatic carbocycles. The summed E-state index contributed by atoms with van der Waals surface area (Å²) in [4.78, 5) is 12.2. The molecule has 2 aliphatic rings. The number of para-hydroxylation sites is 1. The minimum absolute atomic E-state index is 0.0969. The third kappa shape index (κ3) is 4.09. The van der Waals surface area contributed by atoms with Gasteiger partial charge in [-0.1, -0.05) is 23.7 Å². The lowest BCUT2D eigenvalue weighted by Gasteiger charge is -2.20. The summed E-state index contributed by atoms with van der Waals surface area (Å²) in [5.41, 5.74) is 0.932. The standard InChI is InChI=1S/C17H23ClN2O3/c18-14-4-1-3-13-15(5-2-8-23-16(13)14)20-17(22)19-10-11-6-7-12(21)9-11/h1,3-4,11-12,15,21H,2,5-10H2,(H2,19,20,22)/t11-,12-,15-/m1/s1. The molecule has 1 aliphatic carbocycles. The van der Waals surface area contributed by atoms with Gasteiger partial charge in [-0.3, -0.25) is 0 Å². The van der Waals surface area contributed by atoms with Crippen molar-refractivity contribution in [2.24, 2.45) is 5.92 Å². The summed E-state index contributed by atoms with van der Waals surface area (Å²) >= 11 is 6.20. The molecule has 0 spiro atoms. The minimum Gasteiger partial charge on any atom is -0.492 e. The van der Waals surface area contributed by atoms with Gasteiger partial charge < -0.3 is 20.5 Å². The number of amides is 2. The molecule has 3 N–H and O–H groups in total. The van der Waals surface area contributed by atoms with Gasteiger partial charge in [-0.05, 0) is 44.1 Å². The van der Waals surface area contributed by atoms with E-state index in [-0.39, 0.29) is 18.2 Å². The van der Waals surface area contributed by atoms with Crippen molar-refractivity contribution >= 4 is 17.6 Å². The van der Waals surface area contributed by atoms with E-state index in [1.165, 1.54) is 0 Å².